The molecule has 0 atom stereocenters. The third kappa shape index (κ3) is 4.91. The number of imidazole rings is 1. The second-order valence-corrected chi connectivity index (χ2v) is 7.33. The fourth-order valence-electron chi connectivity index (χ4n) is 3.65. The third-order valence-electron chi connectivity index (χ3n) is 5.35. The molecule has 3 aromatic rings. The van der Waals surface area contributed by atoms with E-state index in [9.17, 15) is 14.0 Å². The SMILES string of the molecule is O=C(NCCC(=O)N1CCN(c2ccccc2)CC1)c1cncn1-c1ccc(F)cc1. The number of anilines is 1. The predicted molar refractivity (Wildman–Crippen MR) is 116 cm³/mol. The summed E-state index contributed by atoms with van der Waals surface area (Å²) in [5.74, 6) is -0.651. The molecule has 31 heavy (non-hydrogen) atoms. The maximum absolute atomic E-state index is 13.1. The summed E-state index contributed by atoms with van der Waals surface area (Å²) >= 11 is 0. The smallest absolute Gasteiger partial charge is 0.269 e. The van der Waals surface area contributed by atoms with Crippen LogP contribution in [0.2, 0.25) is 0 Å². The van der Waals surface area contributed by atoms with Crippen molar-refractivity contribution in [2.75, 3.05) is 37.6 Å². The molecule has 160 valence electrons. The van der Waals surface area contributed by atoms with E-state index in [0.29, 0.717) is 24.5 Å². The number of benzene rings is 2. The van der Waals surface area contributed by atoms with Crippen LogP contribution in [-0.2, 0) is 4.79 Å². The van der Waals surface area contributed by atoms with E-state index in [1.165, 1.54) is 30.3 Å². The predicted octanol–water partition coefficient (Wildman–Crippen LogP) is 2.48. The number of piperazine rings is 1. The molecule has 1 fully saturated rings. The maximum Gasteiger partial charge on any atom is 0.269 e. The first-order valence-electron chi connectivity index (χ1n) is 10.3. The van der Waals surface area contributed by atoms with Gasteiger partial charge in [0.1, 0.15) is 11.5 Å². The summed E-state index contributed by atoms with van der Waals surface area (Å²) in [6.07, 6.45) is 3.19. The Labute approximate surface area is 180 Å². The molecule has 0 saturated carbocycles. The Bertz CT molecular complexity index is 1030. The summed E-state index contributed by atoms with van der Waals surface area (Å²) in [7, 11) is 0. The zero-order valence-corrected chi connectivity index (χ0v) is 17.1. The van der Waals surface area contributed by atoms with Crippen molar-refractivity contribution in [2.45, 2.75) is 6.42 Å². The number of carbonyl (C=O) groups excluding carboxylic acids is 2. The zero-order valence-electron chi connectivity index (χ0n) is 17.1. The van der Waals surface area contributed by atoms with Crippen LogP contribution in [0.5, 0.6) is 0 Å². The maximum atomic E-state index is 13.1. The number of hydrogen-bond acceptors (Lipinski definition) is 4. The molecule has 4 rings (SSSR count). The molecule has 1 N–H and O–H groups in total. The van der Waals surface area contributed by atoms with Crippen molar-refractivity contribution in [3.05, 3.63) is 78.6 Å². The van der Waals surface area contributed by atoms with Gasteiger partial charge in [-0.15, -0.1) is 0 Å². The van der Waals surface area contributed by atoms with Crippen LogP contribution in [0.3, 0.4) is 0 Å². The fourth-order valence-corrected chi connectivity index (χ4v) is 3.65. The van der Waals surface area contributed by atoms with Crippen LogP contribution < -0.4 is 10.2 Å². The second kappa shape index (κ2) is 9.42. The highest BCUT2D eigenvalue weighted by atomic mass is 19.1. The van der Waals surface area contributed by atoms with Crippen molar-refractivity contribution in [1.29, 1.82) is 0 Å². The average molecular weight is 421 g/mol. The van der Waals surface area contributed by atoms with E-state index in [2.05, 4.69) is 27.3 Å². The first-order valence-corrected chi connectivity index (χ1v) is 10.3. The van der Waals surface area contributed by atoms with Gasteiger partial charge in [0.25, 0.3) is 5.91 Å². The minimum Gasteiger partial charge on any atom is -0.368 e. The summed E-state index contributed by atoms with van der Waals surface area (Å²) in [4.78, 5) is 33.2. The van der Waals surface area contributed by atoms with E-state index < -0.39 is 0 Å². The number of aromatic nitrogens is 2. The Morgan fingerprint density at radius 1 is 0.935 bits per heavy atom. The normalized spacial score (nSPS) is 13.8. The van der Waals surface area contributed by atoms with Gasteiger partial charge in [0, 0.05) is 50.5 Å². The lowest BCUT2D eigenvalue weighted by molar-refractivity contribution is -0.131. The first kappa shape index (κ1) is 20.6. The number of carbonyl (C=O) groups is 2. The van der Waals surface area contributed by atoms with Gasteiger partial charge >= 0.3 is 0 Å². The molecular weight excluding hydrogens is 397 g/mol. The van der Waals surface area contributed by atoms with Crippen molar-refractivity contribution in [2.24, 2.45) is 0 Å². The molecular formula is C23H24FN5O2. The molecule has 8 heteroatoms. The average Bonchev–Trinajstić information content (AvgIpc) is 3.30. The fraction of sp³-hybridized carbons (Fsp3) is 0.261. The number of halogens is 1. The number of para-hydroxylation sites is 1. The van der Waals surface area contributed by atoms with Crippen LogP contribution in [0, 0.1) is 5.82 Å². The minimum atomic E-state index is -0.349. The van der Waals surface area contributed by atoms with Crippen molar-refractivity contribution < 1.29 is 14.0 Å². The molecule has 2 heterocycles. The van der Waals surface area contributed by atoms with Gasteiger partial charge in [0.15, 0.2) is 0 Å². The Kier molecular flexibility index (Phi) is 6.26. The molecule has 0 unspecified atom stereocenters. The number of rotatable bonds is 6. The lowest BCUT2D eigenvalue weighted by atomic mass is 10.2. The van der Waals surface area contributed by atoms with Crippen LogP contribution >= 0.6 is 0 Å². The summed E-state index contributed by atoms with van der Waals surface area (Å²) in [6, 6.07) is 16.0. The monoisotopic (exact) mass is 421 g/mol. The number of nitrogens with zero attached hydrogens (tertiary/aromatic N) is 4. The molecule has 0 aliphatic carbocycles. The van der Waals surface area contributed by atoms with Gasteiger partial charge in [0.2, 0.25) is 5.91 Å². The summed E-state index contributed by atoms with van der Waals surface area (Å²) in [6.45, 7) is 3.15. The van der Waals surface area contributed by atoms with Crippen molar-refractivity contribution in [1.82, 2.24) is 19.8 Å². The highest BCUT2D eigenvalue weighted by molar-refractivity contribution is 5.93. The van der Waals surface area contributed by atoms with Crippen LogP contribution in [-0.4, -0.2) is 59.0 Å². The van der Waals surface area contributed by atoms with E-state index in [1.807, 2.05) is 23.1 Å². The Balaban J connectivity index is 1.26. The van der Waals surface area contributed by atoms with Gasteiger partial charge in [-0.25, -0.2) is 9.37 Å². The number of hydrogen-bond donors (Lipinski definition) is 1. The van der Waals surface area contributed by atoms with Gasteiger partial charge < -0.3 is 15.1 Å². The van der Waals surface area contributed by atoms with Crippen molar-refractivity contribution in [3.8, 4) is 5.69 Å². The molecule has 1 aromatic heterocycles. The van der Waals surface area contributed by atoms with Crippen LogP contribution in [0.15, 0.2) is 67.1 Å². The van der Waals surface area contributed by atoms with E-state index in [-0.39, 0.29) is 30.6 Å². The Morgan fingerprint density at radius 3 is 2.35 bits per heavy atom. The molecule has 1 aliphatic rings. The minimum absolute atomic E-state index is 0.0278. The van der Waals surface area contributed by atoms with Crippen LogP contribution in [0.4, 0.5) is 10.1 Å². The molecule has 0 bridgehead atoms. The molecule has 0 radical (unpaired) electrons. The standard InChI is InChI=1S/C23H24FN5O2/c24-18-6-8-20(9-7-18)29-17-25-16-21(29)23(31)26-11-10-22(30)28-14-12-27(13-15-28)19-4-2-1-3-5-19/h1-9,16-17H,10-15H2,(H,26,31). The lowest BCUT2D eigenvalue weighted by Crippen LogP contribution is -2.49. The molecule has 2 aromatic carbocycles. The molecule has 7 nitrogen and oxygen atoms in total. The van der Waals surface area contributed by atoms with Gasteiger partial charge in [-0.2, -0.15) is 0 Å². The summed E-state index contributed by atoms with van der Waals surface area (Å²) in [5, 5.41) is 2.78. The quantitative estimate of drug-likeness (QED) is 0.664. The lowest BCUT2D eigenvalue weighted by Gasteiger charge is -2.36. The van der Waals surface area contributed by atoms with Gasteiger partial charge in [-0.1, -0.05) is 18.2 Å². The van der Waals surface area contributed by atoms with Crippen LogP contribution in [0.1, 0.15) is 16.9 Å². The molecule has 2 amide bonds. The Morgan fingerprint density at radius 2 is 1.65 bits per heavy atom. The Hall–Kier alpha value is -3.68. The molecule has 1 aliphatic heterocycles. The third-order valence-corrected chi connectivity index (χ3v) is 5.35. The van der Waals surface area contributed by atoms with E-state index in [1.54, 1.807) is 16.7 Å². The van der Waals surface area contributed by atoms with E-state index in [0.717, 1.165) is 13.1 Å². The largest absolute Gasteiger partial charge is 0.368 e. The summed E-state index contributed by atoms with van der Waals surface area (Å²) in [5.41, 5.74) is 2.13. The molecule has 1 saturated heterocycles. The zero-order chi connectivity index (χ0) is 21.6. The van der Waals surface area contributed by atoms with Gasteiger partial charge in [0.05, 0.1) is 12.5 Å². The topological polar surface area (TPSA) is 70.5 Å². The van der Waals surface area contributed by atoms with Crippen molar-refractivity contribution in [3.63, 3.8) is 0 Å². The van der Waals surface area contributed by atoms with E-state index in [4.69, 9.17) is 0 Å². The second-order valence-electron chi connectivity index (χ2n) is 7.33. The van der Waals surface area contributed by atoms with Gasteiger partial charge in [-0.05, 0) is 36.4 Å². The van der Waals surface area contributed by atoms with Crippen LogP contribution in [0.25, 0.3) is 5.69 Å². The highest BCUT2D eigenvalue weighted by Crippen LogP contribution is 2.16. The first-order chi connectivity index (χ1) is 15.1. The van der Waals surface area contributed by atoms with Gasteiger partial charge in [-0.3, -0.25) is 14.2 Å². The molecule has 0 spiro atoms. The van der Waals surface area contributed by atoms with Crippen molar-refractivity contribution >= 4 is 17.5 Å². The summed E-state index contributed by atoms with van der Waals surface area (Å²) < 4.78 is 14.7. The highest BCUT2D eigenvalue weighted by Gasteiger charge is 2.21. The van der Waals surface area contributed by atoms with E-state index >= 15 is 0 Å². The number of amides is 2. The number of nitrogens with one attached hydrogen (secondary N) is 1.